The highest BCUT2D eigenvalue weighted by Crippen LogP contribution is 2.30. The predicted molar refractivity (Wildman–Crippen MR) is 129 cm³/mol. The monoisotopic (exact) mass is 422 g/mol. The van der Waals surface area contributed by atoms with Gasteiger partial charge in [0.05, 0.1) is 11.7 Å². The fourth-order valence-corrected chi connectivity index (χ4v) is 4.91. The fourth-order valence-electron chi connectivity index (χ4n) is 4.91. The molecule has 6 heteroatoms. The third-order valence-electron chi connectivity index (χ3n) is 6.48. The van der Waals surface area contributed by atoms with Crippen molar-refractivity contribution in [1.82, 2.24) is 20.2 Å². The molecule has 2 aromatic rings. The molecule has 1 atom stereocenters. The zero-order valence-electron chi connectivity index (χ0n) is 19.6. The van der Waals surface area contributed by atoms with Crippen molar-refractivity contribution >= 4 is 11.5 Å². The van der Waals surface area contributed by atoms with Crippen molar-refractivity contribution in [2.24, 2.45) is 0 Å². The highest BCUT2D eigenvalue weighted by Gasteiger charge is 2.21. The number of fused-ring (bicyclic) bond motifs is 1. The molecule has 1 saturated heterocycles. The predicted octanol–water partition coefficient (Wildman–Crippen LogP) is 4.13. The minimum atomic E-state index is 0.274. The molecule has 6 nitrogen and oxygen atoms in total. The number of hydrogen-bond donors (Lipinski definition) is 2. The minimum absolute atomic E-state index is 0.274. The van der Waals surface area contributed by atoms with E-state index in [2.05, 4.69) is 65.6 Å². The van der Waals surface area contributed by atoms with Gasteiger partial charge in [0, 0.05) is 44.5 Å². The lowest BCUT2D eigenvalue weighted by molar-refractivity contribution is 0.313. The first kappa shape index (κ1) is 22.0. The summed E-state index contributed by atoms with van der Waals surface area (Å²) in [4.78, 5) is 14.5. The minimum Gasteiger partial charge on any atom is -0.373 e. The van der Waals surface area contributed by atoms with Crippen LogP contribution in [0.1, 0.15) is 68.2 Å². The average molecular weight is 423 g/mol. The van der Waals surface area contributed by atoms with Gasteiger partial charge >= 0.3 is 0 Å². The SMILES string of the molecule is CNc1cc(CN(C)Cc2ccc3c(c2)CCCN3C(C)C)nc(C2CCCCN2)n1. The molecule has 0 spiro atoms. The summed E-state index contributed by atoms with van der Waals surface area (Å²) in [5, 5.41) is 6.79. The number of nitrogens with one attached hydrogen (secondary N) is 2. The van der Waals surface area contributed by atoms with Gasteiger partial charge in [-0.1, -0.05) is 18.6 Å². The molecule has 31 heavy (non-hydrogen) atoms. The van der Waals surface area contributed by atoms with E-state index in [9.17, 15) is 0 Å². The lowest BCUT2D eigenvalue weighted by Gasteiger charge is -2.35. The van der Waals surface area contributed by atoms with Crippen LogP contribution in [0.5, 0.6) is 0 Å². The van der Waals surface area contributed by atoms with Gasteiger partial charge in [-0.25, -0.2) is 9.97 Å². The maximum absolute atomic E-state index is 4.92. The Morgan fingerprint density at radius 3 is 2.77 bits per heavy atom. The first-order valence-corrected chi connectivity index (χ1v) is 11.9. The van der Waals surface area contributed by atoms with Crippen molar-refractivity contribution in [3.8, 4) is 0 Å². The van der Waals surface area contributed by atoms with E-state index in [1.807, 2.05) is 7.05 Å². The Bertz CT molecular complexity index is 874. The van der Waals surface area contributed by atoms with Crippen LogP contribution >= 0.6 is 0 Å². The summed E-state index contributed by atoms with van der Waals surface area (Å²) < 4.78 is 0. The van der Waals surface area contributed by atoms with Crippen LogP contribution in [-0.2, 0) is 19.5 Å². The molecule has 4 rings (SSSR count). The van der Waals surface area contributed by atoms with Crippen LogP contribution in [0.25, 0.3) is 0 Å². The van der Waals surface area contributed by atoms with E-state index in [1.54, 1.807) is 0 Å². The molecule has 3 heterocycles. The Morgan fingerprint density at radius 2 is 2.03 bits per heavy atom. The molecule has 168 valence electrons. The summed E-state index contributed by atoms with van der Waals surface area (Å²) in [6, 6.07) is 9.95. The molecule has 0 radical (unpaired) electrons. The van der Waals surface area contributed by atoms with Gasteiger partial charge < -0.3 is 15.5 Å². The van der Waals surface area contributed by atoms with Crippen LogP contribution in [-0.4, -0.2) is 48.1 Å². The van der Waals surface area contributed by atoms with E-state index in [1.165, 1.54) is 49.0 Å². The molecular formula is C25H38N6. The van der Waals surface area contributed by atoms with Gasteiger partial charge in [-0.2, -0.15) is 0 Å². The van der Waals surface area contributed by atoms with Crippen molar-refractivity contribution in [2.75, 3.05) is 37.4 Å². The van der Waals surface area contributed by atoms with Crippen molar-refractivity contribution in [3.63, 3.8) is 0 Å². The van der Waals surface area contributed by atoms with E-state index in [4.69, 9.17) is 9.97 Å². The molecule has 1 aromatic heterocycles. The highest BCUT2D eigenvalue weighted by atomic mass is 15.2. The van der Waals surface area contributed by atoms with Gasteiger partial charge in [0.1, 0.15) is 11.6 Å². The lowest BCUT2D eigenvalue weighted by Crippen LogP contribution is -2.35. The Labute approximate surface area is 187 Å². The average Bonchev–Trinajstić information content (AvgIpc) is 2.78. The van der Waals surface area contributed by atoms with Crippen LogP contribution in [0.15, 0.2) is 24.3 Å². The summed E-state index contributed by atoms with van der Waals surface area (Å²) in [5.41, 5.74) is 5.37. The van der Waals surface area contributed by atoms with Crippen LogP contribution in [0.4, 0.5) is 11.5 Å². The molecule has 2 aliphatic rings. The first-order valence-electron chi connectivity index (χ1n) is 11.9. The Hall–Kier alpha value is -2.18. The Kier molecular flexibility index (Phi) is 7.08. The van der Waals surface area contributed by atoms with Gasteiger partial charge in [-0.15, -0.1) is 0 Å². The van der Waals surface area contributed by atoms with Crippen LogP contribution in [0.3, 0.4) is 0 Å². The summed E-state index contributed by atoms with van der Waals surface area (Å²) >= 11 is 0. The number of aromatic nitrogens is 2. The molecule has 1 fully saturated rings. The molecule has 1 aromatic carbocycles. The second kappa shape index (κ2) is 9.96. The van der Waals surface area contributed by atoms with Gasteiger partial charge in [0.25, 0.3) is 0 Å². The molecule has 0 amide bonds. The third kappa shape index (κ3) is 5.36. The number of anilines is 2. The van der Waals surface area contributed by atoms with E-state index < -0.39 is 0 Å². The van der Waals surface area contributed by atoms with Crippen LogP contribution in [0.2, 0.25) is 0 Å². The number of benzene rings is 1. The molecule has 0 bridgehead atoms. The zero-order valence-corrected chi connectivity index (χ0v) is 19.6. The summed E-state index contributed by atoms with van der Waals surface area (Å²) in [6.45, 7) is 8.53. The second-order valence-corrected chi connectivity index (χ2v) is 9.38. The smallest absolute Gasteiger partial charge is 0.147 e. The largest absolute Gasteiger partial charge is 0.373 e. The third-order valence-corrected chi connectivity index (χ3v) is 6.48. The first-order chi connectivity index (χ1) is 15.0. The van der Waals surface area contributed by atoms with E-state index in [0.717, 1.165) is 43.4 Å². The fraction of sp³-hybridized carbons (Fsp3) is 0.600. The number of hydrogen-bond acceptors (Lipinski definition) is 6. The lowest BCUT2D eigenvalue weighted by atomic mass is 9.98. The van der Waals surface area contributed by atoms with Crippen molar-refractivity contribution in [2.45, 2.75) is 71.1 Å². The number of nitrogens with zero attached hydrogens (tertiary/aromatic N) is 4. The van der Waals surface area contributed by atoms with Crippen molar-refractivity contribution in [1.29, 1.82) is 0 Å². The molecule has 1 unspecified atom stereocenters. The Morgan fingerprint density at radius 1 is 1.16 bits per heavy atom. The van der Waals surface area contributed by atoms with Gasteiger partial charge in [-0.3, -0.25) is 4.90 Å². The van der Waals surface area contributed by atoms with Crippen molar-refractivity contribution < 1.29 is 0 Å². The standard InChI is InChI=1S/C25H38N6/c1-18(2)31-13-7-8-20-14-19(10-11-23(20)31)16-30(4)17-21-15-24(26-3)29-25(28-21)22-9-5-6-12-27-22/h10-11,14-15,18,22,27H,5-9,12-13,16-17H2,1-4H3,(H,26,28,29). The topological polar surface area (TPSA) is 56.3 Å². The quantitative estimate of drug-likeness (QED) is 0.700. The normalized spacial score (nSPS) is 19.0. The molecular weight excluding hydrogens is 384 g/mol. The maximum Gasteiger partial charge on any atom is 0.147 e. The van der Waals surface area contributed by atoms with Crippen molar-refractivity contribution in [3.05, 3.63) is 46.9 Å². The van der Waals surface area contributed by atoms with Gasteiger partial charge in [0.2, 0.25) is 0 Å². The van der Waals surface area contributed by atoms with Crippen LogP contribution in [0, 0.1) is 0 Å². The second-order valence-electron chi connectivity index (χ2n) is 9.38. The Balaban J connectivity index is 1.45. The van der Waals surface area contributed by atoms with E-state index in [0.29, 0.717) is 6.04 Å². The zero-order chi connectivity index (χ0) is 21.8. The van der Waals surface area contributed by atoms with Crippen LogP contribution < -0.4 is 15.5 Å². The molecule has 2 aliphatic heterocycles. The highest BCUT2D eigenvalue weighted by molar-refractivity contribution is 5.57. The number of rotatable bonds is 7. The number of piperidine rings is 1. The summed E-state index contributed by atoms with van der Waals surface area (Å²) in [6.07, 6.45) is 6.03. The number of aryl methyl sites for hydroxylation is 1. The molecule has 0 aliphatic carbocycles. The van der Waals surface area contributed by atoms with E-state index in [-0.39, 0.29) is 6.04 Å². The molecule has 2 N–H and O–H groups in total. The maximum atomic E-state index is 4.92. The summed E-state index contributed by atoms with van der Waals surface area (Å²) in [5.74, 6) is 1.83. The van der Waals surface area contributed by atoms with Gasteiger partial charge in [-0.05, 0) is 70.3 Å². The van der Waals surface area contributed by atoms with E-state index >= 15 is 0 Å². The summed E-state index contributed by atoms with van der Waals surface area (Å²) in [7, 11) is 4.11. The molecule has 0 saturated carbocycles. The van der Waals surface area contributed by atoms with Gasteiger partial charge in [0.15, 0.2) is 0 Å².